The van der Waals surface area contributed by atoms with Gasteiger partial charge in [-0.25, -0.2) is 0 Å². The van der Waals surface area contributed by atoms with Crippen molar-refractivity contribution in [3.05, 3.63) is 0 Å². The molecule has 0 aromatic heterocycles. The number of hydrogen-bond acceptors (Lipinski definition) is 4. The minimum atomic E-state index is -0.919. The Labute approximate surface area is 95.4 Å². The second kappa shape index (κ2) is 7.19. The predicted octanol–water partition coefficient (Wildman–Crippen LogP) is -1.29. The molecule has 6 nitrogen and oxygen atoms in total. The first-order valence-corrected chi connectivity index (χ1v) is 5.33. The van der Waals surface area contributed by atoms with Crippen LogP contribution in [0.4, 0.5) is 0 Å². The average molecular weight is 231 g/mol. The Morgan fingerprint density at radius 3 is 2.31 bits per heavy atom. The zero-order chi connectivity index (χ0) is 12.7. The molecule has 0 aliphatic carbocycles. The lowest BCUT2D eigenvalue weighted by Gasteiger charge is -2.23. The zero-order valence-corrected chi connectivity index (χ0v) is 9.77. The van der Waals surface area contributed by atoms with Crippen LogP contribution in [0.1, 0.15) is 26.7 Å². The maximum absolute atomic E-state index is 11.5. The van der Waals surface area contributed by atoms with Crippen molar-refractivity contribution in [2.75, 3.05) is 6.61 Å². The third-order valence-electron chi connectivity index (χ3n) is 2.33. The molecule has 94 valence electrons. The number of aliphatic hydroxyl groups excluding tert-OH is 1. The van der Waals surface area contributed by atoms with Crippen molar-refractivity contribution in [1.82, 2.24) is 5.32 Å². The molecular weight excluding hydrogens is 210 g/mol. The molecule has 0 aliphatic rings. The van der Waals surface area contributed by atoms with Gasteiger partial charge < -0.3 is 21.9 Å². The number of nitrogens with one attached hydrogen (secondary N) is 1. The molecule has 0 aliphatic heterocycles. The van der Waals surface area contributed by atoms with E-state index >= 15 is 0 Å². The molecule has 2 amide bonds. The number of rotatable bonds is 7. The highest BCUT2D eigenvalue weighted by Gasteiger charge is 2.21. The number of primary amides is 1. The summed E-state index contributed by atoms with van der Waals surface area (Å²) in [5.74, 6) is -0.825. The summed E-state index contributed by atoms with van der Waals surface area (Å²) in [5, 5.41) is 11.5. The van der Waals surface area contributed by atoms with Crippen LogP contribution in [0.5, 0.6) is 0 Å². The Hall–Kier alpha value is -1.14. The molecule has 6 N–H and O–H groups in total. The van der Waals surface area contributed by atoms with E-state index in [1.165, 1.54) is 0 Å². The van der Waals surface area contributed by atoms with Crippen molar-refractivity contribution < 1.29 is 14.7 Å². The van der Waals surface area contributed by atoms with Crippen molar-refractivity contribution in [2.24, 2.45) is 17.4 Å². The second-order valence-electron chi connectivity index (χ2n) is 4.15. The van der Waals surface area contributed by atoms with Crippen LogP contribution >= 0.6 is 0 Å². The van der Waals surface area contributed by atoms with E-state index < -0.39 is 17.9 Å². The van der Waals surface area contributed by atoms with E-state index in [0.29, 0.717) is 6.42 Å². The molecule has 0 bridgehead atoms. The molecule has 0 aromatic rings. The smallest absolute Gasteiger partial charge is 0.237 e. The van der Waals surface area contributed by atoms with E-state index in [4.69, 9.17) is 16.6 Å². The van der Waals surface area contributed by atoms with Crippen molar-refractivity contribution in [3.8, 4) is 0 Å². The van der Waals surface area contributed by atoms with Gasteiger partial charge in [0.05, 0.1) is 12.5 Å². The first-order chi connectivity index (χ1) is 7.38. The molecule has 0 heterocycles. The van der Waals surface area contributed by atoms with Crippen LogP contribution in [0, 0.1) is 5.92 Å². The minimum absolute atomic E-state index is 0.00577. The molecule has 16 heavy (non-hydrogen) atoms. The van der Waals surface area contributed by atoms with Gasteiger partial charge in [-0.3, -0.25) is 9.59 Å². The van der Waals surface area contributed by atoms with Crippen molar-refractivity contribution in [3.63, 3.8) is 0 Å². The number of hydrogen-bond donors (Lipinski definition) is 4. The van der Waals surface area contributed by atoms with Crippen LogP contribution in [0.2, 0.25) is 0 Å². The molecule has 0 rings (SSSR count). The van der Waals surface area contributed by atoms with E-state index in [0.717, 1.165) is 0 Å². The van der Waals surface area contributed by atoms with Gasteiger partial charge >= 0.3 is 0 Å². The summed E-state index contributed by atoms with van der Waals surface area (Å²) in [6.07, 6.45) is 0.294. The van der Waals surface area contributed by atoms with E-state index in [-0.39, 0.29) is 25.0 Å². The van der Waals surface area contributed by atoms with Crippen molar-refractivity contribution >= 4 is 11.8 Å². The van der Waals surface area contributed by atoms with Gasteiger partial charge in [0.15, 0.2) is 0 Å². The Morgan fingerprint density at radius 2 is 1.94 bits per heavy atom. The number of amides is 2. The molecule has 2 atom stereocenters. The van der Waals surface area contributed by atoms with Crippen LogP contribution < -0.4 is 16.8 Å². The van der Waals surface area contributed by atoms with Gasteiger partial charge in [0, 0.05) is 12.6 Å². The van der Waals surface area contributed by atoms with E-state index in [9.17, 15) is 9.59 Å². The molecule has 0 saturated carbocycles. The Balaban J connectivity index is 4.22. The number of carbonyl (C=O) groups is 2. The van der Waals surface area contributed by atoms with E-state index in [1.807, 2.05) is 13.8 Å². The Kier molecular flexibility index (Phi) is 6.67. The molecule has 0 aromatic carbocycles. The summed E-state index contributed by atoms with van der Waals surface area (Å²) in [4.78, 5) is 22.1. The predicted molar refractivity (Wildman–Crippen MR) is 60.3 cm³/mol. The summed E-state index contributed by atoms with van der Waals surface area (Å²) in [7, 11) is 0. The number of carbonyl (C=O) groups excluding carboxylic acids is 2. The van der Waals surface area contributed by atoms with Gasteiger partial charge in [0.1, 0.15) is 0 Å². The minimum Gasteiger partial charge on any atom is -0.396 e. The van der Waals surface area contributed by atoms with Crippen LogP contribution in [0.25, 0.3) is 0 Å². The average Bonchev–Trinajstić information content (AvgIpc) is 2.15. The summed E-state index contributed by atoms with van der Waals surface area (Å²) in [5.41, 5.74) is 10.4. The van der Waals surface area contributed by atoms with Gasteiger partial charge in [-0.05, 0) is 12.3 Å². The SMILES string of the molecule is CC(C)C(CCO)NC(=O)C(N)CC(N)=O. The maximum atomic E-state index is 11.5. The topological polar surface area (TPSA) is 118 Å². The van der Waals surface area contributed by atoms with E-state index in [2.05, 4.69) is 5.32 Å². The summed E-state index contributed by atoms with van der Waals surface area (Å²) >= 11 is 0. The zero-order valence-electron chi connectivity index (χ0n) is 9.77. The summed E-state index contributed by atoms with van der Waals surface area (Å²) in [6, 6.07) is -1.06. The normalized spacial score (nSPS) is 14.6. The highest BCUT2D eigenvalue weighted by Crippen LogP contribution is 2.05. The van der Waals surface area contributed by atoms with Crippen molar-refractivity contribution in [1.29, 1.82) is 0 Å². The molecule has 0 radical (unpaired) electrons. The molecule has 0 saturated heterocycles. The first-order valence-electron chi connectivity index (χ1n) is 5.33. The number of nitrogens with two attached hydrogens (primary N) is 2. The number of aliphatic hydroxyl groups is 1. The monoisotopic (exact) mass is 231 g/mol. The summed E-state index contributed by atoms with van der Waals surface area (Å²) < 4.78 is 0. The fourth-order valence-corrected chi connectivity index (χ4v) is 1.31. The van der Waals surface area contributed by atoms with Crippen LogP contribution in [0.3, 0.4) is 0 Å². The fraction of sp³-hybridized carbons (Fsp3) is 0.800. The molecule has 0 spiro atoms. The van der Waals surface area contributed by atoms with Gasteiger partial charge in [-0.1, -0.05) is 13.8 Å². The Bertz CT molecular complexity index is 243. The third-order valence-corrected chi connectivity index (χ3v) is 2.33. The lowest BCUT2D eigenvalue weighted by molar-refractivity contribution is -0.127. The third kappa shape index (κ3) is 5.67. The largest absolute Gasteiger partial charge is 0.396 e. The van der Waals surface area contributed by atoms with Gasteiger partial charge in [-0.2, -0.15) is 0 Å². The molecule has 2 unspecified atom stereocenters. The molecule has 6 heteroatoms. The standard InChI is InChI=1S/C10H21N3O3/c1-6(2)8(3-4-14)13-10(16)7(11)5-9(12)15/h6-8,14H,3-5,11H2,1-2H3,(H2,12,15)(H,13,16). The summed E-state index contributed by atoms with van der Waals surface area (Å²) in [6.45, 7) is 3.86. The van der Waals surface area contributed by atoms with Gasteiger partial charge in [0.25, 0.3) is 0 Å². The fourth-order valence-electron chi connectivity index (χ4n) is 1.31. The van der Waals surface area contributed by atoms with Crippen molar-refractivity contribution in [2.45, 2.75) is 38.8 Å². The molecular formula is C10H21N3O3. The first kappa shape index (κ1) is 14.9. The lowest BCUT2D eigenvalue weighted by Crippen LogP contribution is -2.48. The van der Waals surface area contributed by atoms with E-state index in [1.54, 1.807) is 0 Å². The van der Waals surface area contributed by atoms with Crippen LogP contribution in [-0.4, -0.2) is 35.6 Å². The van der Waals surface area contributed by atoms with Crippen LogP contribution in [0.15, 0.2) is 0 Å². The quantitative estimate of drug-likeness (QED) is 0.436. The highest BCUT2D eigenvalue weighted by atomic mass is 16.3. The second-order valence-corrected chi connectivity index (χ2v) is 4.15. The molecule has 0 fully saturated rings. The maximum Gasteiger partial charge on any atom is 0.237 e. The Morgan fingerprint density at radius 1 is 1.38 bits per heavy atom. The van der Waals surface area contributed by atoms with Gasteiger partial charge in [-0.15, -0.1) is 0 Å². The van der Waals surface area contributed by atoms with Crippen LogP contribution in [-0.2, 0) is 9.59 Å². The lowest BCUT2D eigenvalue weighted by atomic mass is 10.0. The highest BCUT2D eigenvalue weighted by molar-refractivity contribution is 5.87. The van der Waals surface area contributed by atoms with Gasteiger partial charge in [0.2, 0.25) is 11.8 Å².